The predicted molar refractivity (Wildman–Crippen MR) is 107 cm³/mol. The number of carbonyl (C=O) groups is 2. The first kappa shape index (κ1) is 17.5. The van der Waals surface area contributed by atoms with Crippen molar-refractivity contribution < 1.29 is 9.59 Å². The number of fused-ring (bicyclic) bond motifs is 1. The molecule has 0 radical (unpaired) electrons. The Hall–Kier alpha value is -2.92. The van der Waals surface area contributed by atoms with Crippen molar-refractivity contribution in [3.8, 4) is 0 Å². The molecule has 1 aliphatic heterocycles. The first-order valence-electron chi connectivity index (χ1n) is 9.27. The van der Waals surface area contributed by atoms with Crippen LogP contribution in [0.5, 0.6) is 0 Å². The minimum Gasteiger partial charge on any atom is -0.361 e. The van der Waals surface area contributed by atoms with Gasteiger partial charge in [0.15, 0.2) is 0 Å². The van der Waals surface area contributed by atoms with E-state index in [9.17, 15) is 9.59 Å². The fourth-order valence-electron chi connectivity index (χ4n) is 3.82. The zero-order chi connectivity index (χ0) is 19.0. The molecule has 1 fully saturated rings. The number of aromatic amines is 1. The van der Waals surface area contributed by atoms with Crippen LogP contribution in [0.4, 0.5) is 5.69 Å². The van der Waals surface area contributed by atoms with Crippen LogP contribution in [0, 0.1) is 13.8 Å². The Kier molecular flexibility index (Phi) is 4.54. The highest BCUT2D eigenvalue weighted by atomic mass is 16.2. The first-order valence-corrected chi connectivity index (χ1v) is 9.27. The molecule has 1 aliphatic rings. The van der Waals surface area contributed by atoms with Crippen LogP contribution in [0.2, 0.25) is 0 Å². The number of amides is 2. The van der Waals surface area contributed by atoms with Crippen LogP contribution in [0.25, 0.3) is 10.9 Å². The SMILES string of the molecule is Cc1ccc(N2C(=O)CC(NCCc3c[nH]c4ccccc34)C2=O)c(C)c1. The summed E-state index contributed by atoms with van der Waals surface area (Å²) in [5.74, 6) is -0.303. The molecule has 3 aromatic rings. The smallest absolute Gasteiger partial charge is 0.251 e. The molecular formula is C22H23N3O2. The molecule has 0 aliphatic carbocycles. The zero-order valence-electron chi connectivity index (χ0n) is 15.6. The second-order valence-electron chi connectivity index (χ2n) is 7.18. The molecule has 1 saturated heterocycles. The van der Waals surface area contributed by atoms with Gasteiger partial charge in [0.05, 0.1) is 18.2 Å². The van der Waals surface area contributed by atoms with E-state index in [0.717, 1.165) is 23.1 Å². The number of carbonyl (C=O) groups excluding carboxylic acids is 2. The van der Waals surface area contributed by atoms with Gasteiger partial charge in [0.1, 0.15) is 0 Å². The fourth-order valence-corrected chi connectivity index (χ4v) is 3.82. The van der Waals surface area contributed by atoms with Crippen molar-refractivity contribution in [2.24, 2.45) is 0 Å². The normalized spacial score (nSPS) is 17.3. The number of imide groups is 1. The molecule has 5 heteroatoms. The highest BCUT2D eigenvalue weighted by molar-refractivity contribution is 6.22. The highest BCUT2D eigenvalue weighted by Crippen LogP contribution is 2.27. The molecule has 1 unspecified atom stereocenters. The topological polar surface area (TPSA) is 65.2 Å². The Labute approximate surface area is 158 Å². The molecule has 27 heavy (non-hydrogen) atoms. The van der Waals surface area contributed by atoms with E-state index in [1.165, 1.54) is 15.8 Å². The maximum absolute atomic E-state index is 12.8. The van der Waals surface area contributed by atoms with E-state index in [1.807, 2.05) is 56.4 Å². The average Bonchev–Trinajstić information content (AvgIpc) is 3.17. The summed E-state index contributed by atoms with van der Waals surface area (Å²) in [6.07, 6.45) is 3.02. The number of nitrogens with one attached hydrogen (secondary N) is 2. The van der Waals surface area contributed by atoms with Gasteiger partial charge in [-0.1, -0.05) is 35.9 Å². The average molecular weight is 361 g/mol. The molecule has 0 spiro atoms. The quantitative estimate of drug-likeness (QED) is 0.686. The van der Waals surface area contributed by atoms with Crippen LogP contribution in [0.15, 0.2) is 48.7 Å². The Morgan fingerprint density at radius 2 is 1.96 bits per heavy atom. The van der Waals surface area contributed by atoms with Gasteiger partial charge in [-0.2, -0.15) is 0 Å². The van der Waals surface area contributed by atoms with Crippen LogP contribution in [0.3, 0.4) is 0 Å². The van der Waals surface area contributed by atoms with Gasteiger partial charge >= 0.3 is 0 Å². The van der Waals surface area contributed by atoms with Gasteiger partial charge in [-0.3, -0.25) is 9.59 Å². The third-order valence-electron chi connectivity index (χ3n) is 5.20. The summed E-state index contributed by atoms with van der Waals surface area (Å²) in [7, 11) is 0. The monoisotopic (exact) mass is 361 g/mol. The molecular weight excluding hydrogens is 338 g/mol. The minimum atomic E-state index is -0.455. The van der Waals surface area contributed by atoms with Crippen LogP contribution >= 0.6 is 0 Å². The summed E-state index contributed by atoms with van der Waals surface area (Å²) >= 11 is 0. The van der Waals surface area contributed by atoms with E-state index in [4.69, 9.17) is 0 Å². The molecule has 0 saturated carbocycles. The lowest BCUT2D eigenvalue weighted by Crippen LogP contribution is -2.39. The summed E-state index contributed by atoms with van der Waals surface area (Å²) < 4.78 is 0. The van der Waals surface area contributed by atoms with Gasteiger partial charge in [0, 0.05) is 23.6 Å². The van der Waals surface area contributed by atoms with Gasteiger partial charge in [-0.15, -0.1) is 0 Å². The molecule has 2 N–H and O–H groups in total. The van der Waals surface area contributed by atoms with E-state index in [-0.39, 0.29) is 18.2 Å². The molecule has 2 amide bonds. The lowest BCUT2D eigenvalue weighted by Gasteiger charge is -2.18. The number of nitrogens with zero attached hydrogens (tertiary/aromatic N) is 1. The Bertz CT molecular complexity index is 1020. The van der Waals surface area contributed by atoms with Crippen molar-refractivity contribution in [2.75, 3.05) is 11.4 Å². The Morgan fingerprint density at radius 3 is 2.78 bits per heavy atom. The van der Waals surface area contributed by atoms with Crippen molar-refractivity contribution in [3.63, 3.8) is 0 Å². The third kappa shape index (κ3) is 3.26. The molecule has 1 aromatic heterocycles. The van der Waals surface area contributed by atoms with E-state index in [2.05, 4.69) is 16.4 Å². The number of benzene rings is 2. The van der Waals surface area contributed by atoms with Crippen LogP contribution < -0.4 is 10.2 Å². The molecule has 2 aromatic carbocycles. The highest BCUT2D eigenvalue weighted by Gasteiger charge is 2.39. The number of hydrogen-bond acceptors (Lipinski definition) is 3. The maximum atomic E-state index is 12.8. The van der Waals surface area contributed by atoms with E-state index in [0.29, 0.717) is 12.2 Å². The summed E-state index contributed by atoms with van der Waals surface area (Å²) in [5, 5.41) is 4.47. The van der Waals surface area contributed by atoms with Gasteiger partial charge < -0.3 is 10.3 Å². The number of anilines is 1. The maximum Gasteiger partial charge on any atom is 0.251 e. The van der Waals surface area contributed by atoms with Crippen LogP contribution in [-0.2, 0) is 16.0 Å². The van der Waals surface area contributed by atoms with E-state index >= 15 is 0 Å². The number of para-hydroxylation sites is 1. The van der Waals surface area contributed by atoms with Gasteiger partial charge in [0.2, 0.25) is 5.91 Å². The second-order valence-corrected chi connectivity index (χ2v) is 7.18. The number of H-pyrrole nitrogens is 1. The number of rotatable bonds is 5. The van der Waals surface area contributed by atoms with E-state index in [1.54, 1.807) is 0 Å². The fraction of sp³-hybridized carbons (Fsp3) is 0.273. The molecule has 138 valence electrons. The molecule has 4 rings (SSSR count). The largest absolute Gasteiger partial charge is 0.361 e. The van der Waals surface area contributed by atoms with Crippen molar-refractivity contribution in [3.05, 3.63) is 65.4 Å². The minimum absolute atomic E-state index is 0.142. The third-order valence-corrected chi connectivity index (χ3v) is 5.20. The molecule has 2 heterocycles. The van der Waals surface area contributed by atoms with Crippen molar-refractivity contribution >= 4 is 28.4 Å². The summed E-state index contributed by atoms with van der Waals surface area (Å²) in [6.45, 7) is 4.58. The van der Waals surface area contributed by atoms with Crippen LogP contribution in [0.1, 0.15) is 23.1 Å². The predicted octanol–water partition coefficient (Wildman–Crippen LogP) is 3.25. The number of hydrogen-bond donors (Lipinski definition) is 2. The number of aryl methyl sites for hydroxylation is 2. The van der Waals surface area contributed by atoms with Crippen molar-refractivity contribution in [2.45, 2.75) is 32.7 Å². The van der Waals surface area contributed by atoms with Crippen molar-refractivity contribution in [1.82, 2.24) is 10.3 Å². The molecule has 5 nitrogen and oxygen atoms in total. The van der Waals surface area contributed by atoms with E-state index < -0.39 is 6.04 Å². The van der Waals surface area contributed by atoms with Gasteiger partial charge in [-0.25, -0.2) is 4.90 Å². The molecule has 0 bridgehead atoms. The van der Waals surface area contributed by atoms with Gasteiger partial charge in [-0.05, 0) is 43.5 Å². The Balaban J connectivity index is 1.43. The van der Waals surface area contributed by atoms with Crippen LogP contribution in [-0.4, -0.2) is 29.4 Å². The number of aromatic nitrogens is 1. The standard InChI is InChI=1S/C22H23N3O2/c1-14-7-8-20(15(2)11-14)25-21(26)12-19(22(25)27)23-10-9-16-13-24-18-6-4-3-5-17(16)18/h3-8,11,13,19,23-24H,9-10,12H2,1-2H3. The Morgan fingerprint density at radius 1 is 1.15 bits per heavy atom. The first-order chi connectivity index (χ1) is 13.0. The lowest BCUT2D eigenvalue weighted by molar-refractivity contribution is -0.121. The summed E-state index contributed by atoms with van der Waals surface area (Å²) in [5.41, 5.74) is 5.07. The lowest BCUT2D eigenvalue weighted by atomic mass is 10.1. The molecule has 1 atom stereocenters. The summed E-state index contributed by atoms with van der Waals surface area (Å²) in [4.78, 5) is 29.9. The van der Waals surface area contributed by atoms with Crippen molar-refractivity contribution in [1.29, 1.82) is 0 Å². The zero-order valence-corrected chi connectivity index (χ0v) is 15.6. The van der Waals surface area contributed by atoms with Gasteiger partial charge in [0.25, 0.3) is 5.91 Å². The summed E-state index contributed by atoms with van der Waals surface area (Å²) in [6, 6.07) is 13.5. The second kappa shape index (κ2) is 7.00.